The minimum atomic E-state index is -0.628. The van der Waals surface area contributed by atoms with Crippen LogP contribution in [0.1, 0.15) is 21.5 Å². The molecule has 1 heterocycles. The number of imide groups is 1. The van der Waals surface area contributed by atoms with Crippen LogP contribution in [0.25, 0.3) is 0 Å². The van der Waals surface area contributed by atoms with Crippen molar-refractivity contribution < 1.29 is 19.1 Å². The van der Waals surface area contributed by atoms with Crippen LogP contribution in [-0.4, -0.2) is 42.5 Å². The zero-order valence-electron chi connectivity index (χ0n) is 15.2. The lowest BCUT2D eigenvalue weighted by molar-refractivity contribution is -0.130. The first-order valence-corrected chi connectivity index (χ1v) is 8.65. The number of nitrogens with zero attached hydrogens (tertiary/aromatic N) is 1. The topological polar surface area (TPSA) is 87.7 Å². The number of rotatable bonds is 5. The molecule has 0 atom stereocenters. The van der Waals surface area contributed by atoms with E-state index in [0.717, 1.165) is 21.7 Å². The number of nitrogens with one attached hydrogen (secondary N) is 2. The van der Waals surface area contributed by atoms with Gasteiger partial charge in [0.2, 0.25) is 0 Å². The molecular weight excluding hydrogens is 346 g/mol. The van der Waals surface area contributed by atoms with Crippen LogP contribution in [0.2, 0.25) is 0 Å². The van der Waals surface area contributed by atoms with Crippen LogP contribution in [0.15, 0.2) is 42.5 Å². The Kier molecular flexibility index (Phi) is 5.40. The second kappa shape index (κ2) is 7.90. The Morgan fingerprint density at radius 2 is 1.85 bits per heavy atom. The molecule has 0 saturated carbocycles. The number of hydrogen-bond acceptors (Lipinski definition) is 5. The third-order valence-corrected chi connectivity index (χ3v) is 4.51. The molecule has 27 heavy (non-hydrogen) atoms. The van der Waals surface area contributed by atoms with Crippen molar-refractivity contribution in [2.24, 2.45) is 0 Å². The molecule has 7 nitrogen and oxygen atoms in total. The number of benzene rings is 2. The third-order valence-electron chi connectivity index (χ3n) is 4.51. The summed E-state index contributed by atoms with van der Waals surface area (Å²) in [6, 6.07) is 12.3. The molecular formula is C20H21N3O4. The Hall–Kier alpha value is -3.35. The highest BCUT2D eigenvalue weighted by Crippen LogP contribution is 2.25. The average Bonchev–Trinajstić information content (AvgIpc) is 3.10. The molecule has 3 rings (SSSR count). The van der Waals surface area contributed by atoms with E-state index in [4.69, 9.17) is 4.74 Å². The second-order valence-corrected chi connectivity index (χ2v) is 6.27. The average molecular weight is 367 g/mol. The van der Waals surface area contributed by atoms with E-state index in [1.807, 2.05) is 38.1 Å². The van der Waals surface area contributed by atoms with Crippen molar-refractivity contribution in [3.05, 3.63) is 59.2 Å². The smallest absolute Gasteiger partial charge is 0.340 e. The summed E-state index contributed by atoms with van der Waals surface area (Å²) < 4.78 is 5.13. The number of ether oxygens (including phenoxy) is 1. The Labute approximate surface area is 157 Å². The fourth-order valence-corrected chi connectivity index (χ4v) is 2.79. The number of esters is 1. The maximum atomic E-state index is 12.5. The quantitative estimate of drug-likeness (QED) is 0.794. The van der Waals surface area contributed by atoms with Crippen LogP contribution >= 0.6 is 0 Å². The van der Waals surface area contributed by atoms with Gasteiger partial charge in [0.05, 0.1) is 11.3 Å². The van der Waals surface area contributed by atoms with E-state index in [1.165, 1.54) is 0 Å². The predicted molar refractivity (Wildman–Crippen MR) is 101 cm³/mol. The molecule has 2 aromatic rings. The van der Waals surface area contributed by atoms with Gasteiger partial charge in [-0.15, -0.1) is 0 Å². The lowest BCUT2D eigenvalue weighted by atomic mass is 10.1. The van der Waals surface area contributed by atoms with Crippen LogP contribution in [-0.2, 0) is 9.53 Å². The SMILES string of the molecule is Cc1cccc(Nc2ccccc2C(=O)OCC(=O)N2CCNC2=O)c1C. The molecule has 0 unspecified atom stereocenters. The van der Waals surface area contributed by atoms with Crippen LogP contribution in [0.3, 0.4) is 0 Å². The van der Waals surface area contributed by atoms with E-state index >= 15 is 0 Å². The lowest BCUT2D eigenvalue weighted by Gasteiger charge is -2.15. The van der Waals surface area contributed by atoms with Crippen molar-refractivity contribution >= 4 is 29.3 Å². The first-order chi connectivity index (χ1) is 13.0. The van der Waals surface area contributed by atoms with Crippen molar-refractivity contribution in [3.63, 3.8) is 0 Å². The summed E-state index contributed by atoms with van der Waals surface area (Å²) in [4.78, 5) is 37.0. The van der Waals surface area contributed by atoms with E-state index in [1.54, 1.807) is 18.2 Å². The van der Waals surface area contributed by atoms with Gasteiger partial charge < -0.3 is 15.4 Å². The van der Waals surface area contributed by atoms with Gasteiger partial charge in [-0.2, -0.15) is 0 Å². The fraction of sp³-hybridized carbons (Fsp3) is 0.250. The van der Waals surface area contributed by atoms with Gasteiger partial charge in [-0.1, -0.05) is 24.3 Å². The third kappa shape index (κ3) is 4.08. The first kappa shape index (κ1) is 18.4. The molecule has 0 aromatic heterocycles. The first-order valence-electron chi connectivity index (χ1n) is 8.65. The van der Waals surface area contributed by atoms with Gasteiger partial charge in [0, 0.05) is 18.8 Å². The van der Waals surface area contributed by atoms with E-state index in [0.29, 0.717) is 17.8 Å². The Morgan fingerprint density at radius 1 is 1.11 bits per heavy atom. The molecule has 7 heteroatoms. The molecule has 1 aliphatic heterocycles. The number of aryl methyl sites for hydroxylation is 1. The van der Waals surface area contributed by atoms with E-state index in [9.17, 15) is 14.4 Å². The highest BCUT2D eigenvalue weighted by molar-refractivity contribution is 6.00. The van der Waals surface area contributed by atoms with Gasteiger partial charge in [-0.05, 0) is 43.2 Å². The monoisotopic (exact) mass is 367 g/mol. The summed E-state index contributed by atoms with van der Waals surface area (Å²) in [5.74, 6) is -1.17. The molecule has 1 aliphatic rings. The summed E-state index contributed by atoms with van der Waals surface area (Å²) in [6.45, 7) is 4.21. The van der Waals surface area contributed by atoms with E-state index in [2.05, 4.69) is 10.6 Å². The number of carbonyl (C=O) groups is 3. The standard InChI is InChI=1S/C20H21N3O4/c1-13-6-5-9-16(14(13)2)22-17-8-4-3-7-15(17)19(25)27-12-18(24)23-11-10-21-20(23)26/h3-9,22H,10-12H2,1-2H3,(H,21,26). The zero-order chi connectivity index (χ0) is 19.4. The van der Waals surface area contributed by atoms with Crippen LogP contribution in [0, 0.1) is 13.8 Å². The van der Waals surface area contributed by atoms with Crippen LogP contribution in [0.4, 0.5) is 16.2 Å². The number of amides is 3. The zero-order valence-corrected chi connectivity index (χ0v) is 15.2. The normalized spacial score (nSPS) is 13.3. The molecule has 0 radical (unpaired) electrons. The Bertz CT molecular complexity index is 895. The summed E-state index contributed by atoms with van der Waals surface area (Å²) in [7, 11) is 0. The van der Waals surface area contributed by atoms with Gasteiger partial charge >= 0.3 is 12.0 Å². The molecule has 1 saturated heterocycles. The minimum absolute atomic E-state index is 0.278. The van der Waals surface area contributed by atoms with Gasteiger partial charge in [0.25, 0.3) is 5.91 Å². The van der Waals surface area contributed by atoms with Gasteiger partial charge in [-0.25, -0.2) is 9.59 Å². The predicted octanol–water partition coefficient (Wildman–Crippen LogP) is 2.76. The van der Waals surface area contributed by atoms with Gasteiger partial charge in [0.1, 0.15) is 0 Å². The summed E-state index contributed by atoms with van der Waals surface area (Å²) in [5, 5.41) is 5.78. The molecule has 140 valence electrons. The van der Waals surface area contributed by atoms with E-state index in [-0.39, 0.29) is 6.54 Å². The fourth-order valence-electron chi connectivity index (χ4n) is 2.79. The van der Waals surface area contributed by atoms with Crippen molar-refractivity contribution in [2.75, 3.05) is 25.0 Å². The van der Waals surface area contributed by atoms with Crippen molar-refractivity contribution in [2.45, 2.75) is 13.8 Å². The summed E-state index contributed by atoms with van der Waals surface area (Å²) >= 11 is 0. The lowest BCUT2D eigenvalue weighted by Crippen LogP contribution is -2.37. The number of urea groups is 1. The Balaban J connectivity index is 1.71. The largest absolute Gasteiger partial charge is 0.452 e. The molecule has 0 spiro atoms. The number of carbonyl (C=O) groups excluding carboxylic acids is 3. The van der Waals surface area contributed by atoms with Crippen molar-refractivity contribution in [1.82, 2.24) is 10.2 Å². The number of anilines is 2. The molecule has 3 amide bonds. The molecule has 1 fully saturated rings. The molecule has 0 aliphatic carbocycles. The van der Waals surface area contributed by atoms with Crippen molar-refractivity contribution in [1.29, 1.82) is 0 Å². The summed E-state index contributed by atoms with van der Waals surface area (Å²) in [5.41, 5.74) is 4.00. The number of hydrogen-bond donors (Lipinski definition) is 2. The highest BCUT2D eigenvalue weighted by Gasteiger charge is 2.27. The maximum absolute atomic E-state index is 12.5. The molecule has 0 bridgehead atoms. The van der Waals surface area contributed by atoms with Crippen molar-refractivity contribution in [3.8, 4) is 0 Å². The summed E-state index contributed by atoms with van der Waals surface area (Å²) in [6.07, 6.45) is 0. The van der Waals surface area contributed by atoms with E-state index < -0.39 is 24.5 Å². The molecule has 2 N–H and O–H groups in total. The Morgan fingerprint density at radius 3 is 2.59 bits per heavy atom. The maximum Gasteiger partial charge on any atom is 0.340 e. The van der Waals surface area contributed by atoms with Gasteiger partial charge in [-0.3, -0.25) is 9.69 Å². The van der Waals surface area contributed by atoms with Crippen LogP contribution in [0.5, 0.6) is 0 Å². The second-order valence-electron chi connectivity index (χ2n) is 6.27. The highest BCUT2D eigenvalue weighted by atomic mass is 16.5. The van der Waals surface area contributed by atoms with Gasteiger partial charge in [0.15, 0.2) is 6.61 Å². The number of para-hydroxylation sites is 1. The van der Waals surface area contributed by atoms with Crippen LogP contribution < -0.4 is 10.6 Å². The minimum Gasteiger partial charge on any atom is -0.452 e. The molecule has 2 aromatic carbocycles.